The molecule has 25 heavy (non-hydrogen) atoms. The van der Waals surface area contributed by atoms with E-state index in [9.17, 15) is 8.42 Å². The fourth-order valence-electron chi connectivity index (χ4n) is 2.15. The molecule has 0 radical (unpaired) electrons. The van der Waals surface area contributed by atoms with Crippen molar-refractivity contribution in [3.8, 4) is 11.5 Å². The van der Waals surface area contributed by atoms with Crippen LogP contribution in [0.25, 0.3) is 0 Å². The summed E-state index contributed by atoms with van der Waals surface area (Å²) in [4.78, 5) is 4.23. The molecule has 0 fully saturated rings. The highest BCUT2D eigenvalue weighted by atomic mass is 32.2. The number of nitrogens with one attached hydrogen (secondary N) is 2. The number of unbranched alkanes of at least 4 members (excludes halogenated alkanes) is 1. The highest BCUT2D eigenvalue weighted by Crippen LogP contribution is 2.30. The van der Waals surface area contributed by atoms with Crippen molar-refractivity contribution < 1.29 is 17.9 Å². The summed E-state index contributed by atoms with van der Waals surface area (Å²) >= 11 is 0. The fourth-order valence-corrected chi connectivity index (χ4v) is 3.41. The molecule has 0 aliphatic heterocycles. The Balaban J connectivity index is 2.05. The summed E-state index contributed by atoms with van der Waals surface area (Å²) in [6, 6.07) is 8.79. The van der Waals surface area contributed by atoms with Crippen LogP contribution in [0.4, 0.5) is 17.2 Å². The molecule has 0 aliphatic rings. The number of aromatic nitrogens is 1. The maximum atomic E-state index is 11.9. The first-order valence-electron chi connectivity index (χ1n) is 7.93. The smallest absolute Gasteiger partial charge is 0.232 e. The number of benzene rings is 1. The van der Waals surface area contributed by atoms with E-state index in [4.69, 9.17) is 9.47 Å². The summed E-state index contributed by atoms with van der Waals surface area (Å²) in [5, 5.41) is 3.13. The number of rotatable bonds is 9. The lowest BCUT2D eigenvalue weighted by Gasteiger charge is -2.11. The molecule has 2 aromatic rings. The predicted molar refractivity (Wildman–Crippen MR) is 99.4 cm³/mol. The number of pyridine rings is 1. The van der Waals surface area contributed by atoms with Crippen LogP contribution >= 0.6 is 0 Å². The second-order valence-corrected chi connectivity index (χ2v) is 7.24. The van der Waals surface area contributed by atoms with E-state index < -0.39 is 10.0 Å². The van der Waals surface area contributed by atoms with Crippen molar-refractivity contribution in [2.24, 2.45) is 0 Å². The second-order valence-electron chi connectivity index (χ2n) is 5.40. The van der Waals surface area contributed by atoms with E-state index in [0.717, 1.165) is 12.1 Å². The van der Waals surface area contributed by atoms with Crippen LogP contribution in [0.1, 0.15) is 19.8 Å². The Morgan fingerprint density at radius 3 is 2.36 bits per heavy atom. The van der Waals surface area contributed by atoms with Crippen molar-refractivity contribution in [3.63, 3.8) is 0 Å². The summed E-state index contributed by atoms with van der Waals surface area (Å²) in [6.45, 7) is 1.95. The van der Waals surface area contributed by atoms with Gasteiger partial charge in [-0.3, -0.25) is 4.72 Å². The maximum absolute atomic E-state index is 11.9. The minimum atomic E-state index is -3.33. The summed E-state index contributed by atoms with van der Waals surface area (Å²) in [5.41, 5.74) is 1.22. The first-order chi connectivity index (χ1) is 12.0. The Morgan fingerprint density at radius 1 is 1.04 bits per heavy atom. The van der Waals surface area contributed by atoms with Crippen LogP contribution in [-0.4, -0.2) is 33.4 Å². The van der Waals surface area contributed by atoms with Gasteiger partial charge in [-0.15, -0.1) is 0 Å². The third-order valence-corrected chi connectivity index (χ3v) is 4.83. The Hall–Kier alpha value is -2.48. The molecule has 0 spiro atoms. The van der Waals surface area contributed by atoms with Gasteiger partial charge in [-0.1, -0.05) is 13.3 Å². The summed E-state index contributed by atoms with van der Waals surface area (Å²) < 4.78 is 36.8. The Labute approximate surface area is 148 Å². The Bertz CT molecular complexity index is 792. The van der Waals surface area contributed by atoms with E-state index >= 15 is 0 Å². The molecular formula is C17H23N3O4S. The second kappa shape index (κ2) is 8.57. The Morgan fingerprint density at radius 2 is 1.76 bits per heavy atom. The highest BCUT2D eigenvalue weighted by Gasteiger charge is 2.10. The standard InChI is InChI=1S/C17H23N3O4S/c1-4-5-10-25(21,22)20-14-7-9-17(18-12-14)19-13-6-8-15(23-2)16(11-13)24-3/h6-9,11-12,20H,4-5,10H2,1-3H3,(H,18,19). The van der Waals surface area contributed by atoms with Gasteiger partial charge in [-0.05, 0) is 30.7 Å². The molecule has 0 bridgehead atoms. The normalized spacial score (nSPS) is 11.0. The van der Waals surface area contributed by atoms with Crippen LogP contribution in [0.2, 0.25) is 0 Å². The zero-order valence-electron chi connectivity index (χ0n) is 14.6. The monoisotopic (exact) mass is 365 g/mol. The van der Waals surface area contributed by atoms with Gasteiger partial charge in [0.25, 0.3) is 0 Å². The number of anilines is 3. The highest BCUT2D eigenvalue weighted by molar-refractivity contribution is 7.92. The van der Waals surface area contributed by atoms with Crippen molar-refractivity contribution in [1.82, 2.24) is 4.98 Å². The number of sulfonamides is 1. The van der Waals surface area contributed by atoms with Gasteiger partial charge in [0, 0.05) is 11.8 Å². The molecule has 136 valence electrons. The number of hydrogen-bond acceptors (Lipinski definition) is 6. The van der Waals surface area contributed by atoms with Gasteiger partial charge in [0.2, 0.25) is 10.0 Å². The first kappa shape index (κ1) is 18.9. The molecule has 2 rings (SSSR count). The van der Waals surface area contributed by atoms with Gasteiger partial charge >= 0.3 is 0 Å². The molecule has 0 aliphatic carbocycles. The largest absolute Gasteiger partial charge is 0.493 e. The van der Waals surface area contributed by atoms with Crippen molar-refractivity contribution in [2.45, 2.75) is 19.8 Å². The molecule has 7 nitrogen and oxygen atoms in total. The zero-order chi connectivity index (χ0) is 18.3. The van der Waals surface area contributed by atoms with Crippen LogP contribution in [0.3, 0.4) is 0 Å². The van der Waals surface area contributed by atoms with Gasteiger partial charge in [-0.2, -0.15) is 0 Å². The lowest BCUT2D eigenvalue weighted by Crippen LogP contribution is -2.16. The van der Waals surface area contributed by atoms with E-state index in [1.165, 1.54) is 6.20 Å². The lowest BCUT2D eigenvalue weighted by molar-refractivity contribution is 0.355. The molecule has 1 aromatic carbocycles. The molecule has 0 atom stereocenters. The van der Waals surface area contributed by atoms with Crippen molar-refractivity contribution in [1.29, 1.82) is 0 Å². The number of methoxy groups -OCH3 is 2. The van der Waals surface area contributed by atoms with Crippen molar-refractivity contribution in [2.75, 3.05) is 30.0 Å². The average molecular weight is 365 g/mol. The van der Waals surface area contributed by atoms with E-state index in [1.54, 1.807) is 38.5 Å². The number of ether oxygens (including phenoxy) is 2. The van der Waals surface area contributed by atoms with Crippen LogP contribution in [0, 0.1) is 0 Å². The SMILES string of the molecule is CCCCS(=O)(=O)Nc1ccc(Nc2ccc(OC)c(OC)c2)nc1. The quantitative estimate of drug-likeness (QED) is 0.708. The van der Waals surface area contributed by atoms with E-state index in [0.29, 0.717) is 29.4 Å². The van der Waals surface area contributed by atoms with Gasteiger partial charge in [0.05, 0.1) is 31.9 Å². The third-order valence-electron chi connectivity index (χ3n) is 3.46. The van der Waals surface area contributed by atoms with Crippen LogP contribution < -0.4 is 19.5 Å². The molecule has 8 heteroatoms. The van der Waals surface area contributed by atoms with Gasteiger partial charge in [0.15, 0.2) is 11.5 Å². The zero-order valence-corrected chi connectivity index (χ0v) is 15.4. The van der Waals surface area contributed by atoms with Crippen LogP contribution in [-0.2, 0) is 10.0 Å². The summed E-state index contributed by atoms with van der Waals surface area (Å²) in [6.07, 6.45) is 2.93. The third kappa shape index (κ3) is 5.53. The van der Waals surface area contributed by atoms with Gasteiger partial charge in [-0.25, -0.2) is 13.4 Å². The lowest BCUT2D eigenvalue weighted by atomic mass is 10.2. The predicted octanol–water partition coefficient (Wildman–Crippen LogP) is 3.38. The van der Waals surface area contributed by atoms with Gasteiger partial charge in [0.1, 0.15) is 5.82 Å². The molecule has 0 unspecified atom stereocenters. The van der Waals surface area contributed by atoms with Crippen molar-refractivity contribution in [3.05, 3.63) is 36.5 Å². The van der Waals surface area contributed by atoms with E-state index in [1.807, 2.05) is 13.0 Å². The summed E-state index contributed by atoms with van der Waals surface area (Å²) in [5.74, 6) is 1.93. The molecule has 1 aromatic heterocycles. The maximum Gasteiger partial charge on any atom is 0.232 e. The molecule has 0 saturated heterocycles. The summed E-state index contributed by atoms with van der Waals surface area (Å²) in [7, 11) is -0.181. The van der Waals surface area contributed by atoms with E-state index in [2.05, 4.69) is 15.0 Å². The molecular weight excluding hydrogens is 342 g/mol. The average Bonchev–Trinajstić information content (AvgIpc) is 2.61. The molecule has 0 amide bonds. The molecule has 1 heterocycles. The van der Waals surface area contributed by atoms with Crippen LogP contribution in [0.5, 0.6) is 11.5 Å². The number of nitrogens with zero attached hydrogens (tertiary/aromatic N) is 1. The van der Waals surface area contributed by atoms with Crippen LogP contribution in [0.15, 0.2) is 36.5 Å². The minimum Gasteiger partial charge on any atom is -0.493 e. The topological polar surface area (TPSA) is 89.6 Å². The molecule has 0 saturated carbocycles. The first-order valence-corrected chi connectivity index (χ1v) is 9.58. The van der Waals surface area contributed by atoms with E-state index in [-0.39, 0.29) is 5.75 Å². The number of hydrogen-bond donors (Lipinski definition) is 2. The Kier molecular flexibility index (Phi) is 6.46. The van der Waals surface area contributed by atoms with Gasteiger partial charge < -0.3 is 14.8 Å². The fraction of sp³-hybridized carbons (Fsp3) is 0.353. The molecule has 2 N–H and O–H groups in total. The minimum absolute atomic E-state index is 0.106. The van der Waals surface area contributed by atoms with Crippen molar-refractivity contribution >= 4 is 27.2 Å².